The molecule has 1 aliphatic carbocycles. The number of pyridine rings is 1. The number of anilines is 1. The predicted octanol–water partition coefficient (Wildman–Crippen LogP) is 3.21. The molecule has 1 aliphatic rings. The molecule has 0 atom stereocenters. The zero-order valence-corrected chi connectivity index (χ0v) is 16.5. The molecule has 0 unspecified atom stereocenters. The van der Waals surface area contributed by atoms with Crippen molar-refractivity contribution in [3.8, 4) is 17.9 Å². The molecule has 2 aromatic rings. The van der Waals surface area contributed by atoms with E-state index in [-0.39, 0.29) is 18.0 Å². The number of ether oxygens (including phenoxy) is 1. The van der Waals surface area contributed by atoms with E-state index < -0.39 is 5.91 Å². The number of primary amides is 1. The average molecular weight is 406 g/mol. The third-order valence-corrected chi connectivity index (χ3v) is 4.92. The predicted molar refractivity (Wildman–Crippen MR) is 110 cm³/mol. The van der Waals surface area contributed by atoms with Crippen LogP contribution >= 0.6 is 11.6 Å². The number of hydrogen-bond acceptors (Lipinski definition) is 6. The van der Waals surface area contributed by atoms with Crippen LogP contribution in [-0.4, -0.2) is 17.5 Å². The molecule has 4 N–H and O–H groups in total. The van der Waals surface area contributed by atoms with Gasteiger partial charge in [0.1, 0.15) is 23.7 Å². The number of hydrogen-bond donors (Lipinski definition) is 2. The Kier molecular flexibility index (Phi) is 5.27. The van der Waals surface area contributed by atoms with Gasteiger partial charge in [-0.25, -0.2) is 4.98 Å². The van der Waals surface area contributed by atoms with Gasteiger partial charge in [0.25, 0.3) is 5.91 Å². The number of fused-ring (bicyclic) bond motifs is 1. The van der Waals surface area contributed by atoms with Crippen molar-refractivity contribution < 1.29 is 9.53 Å². The lowest BCUT2D eigenvalue weighted by Crippen LogP contribution is -2.20. The molecule has 0 radical (unpaired) electrons. The molecule has 0 spiro atoms. The minimum atomic E-state index is -0.602. The molecule has 1 amide bonds. The van der Waals surface area contributed by atoms with Crippen molar-refractivity contribution in [2.24, 2.45) is 5.73 Å². The fourth-order valence-corrected chi connectivity index (χ4v) is 3.48. The Balaban J connectivity index is 2.13. The third kappa shape index (κ3) is 3.52. The molecule has 0 bridgehead atoms. The van der Waals surface area contributed by atoms with E-state index in [1.165, 1.54) is 0 Å². The zero-order chi connectivity index (χ0) is 21.3. The number of nitrogens with two attached hydrogens (primary N) is 2. The lowest BCUT2D eigenvalue weighted by atomic mass is 9.95. The van der Waals surface area contributed by atoms with E-state index in [2.05, 4.69) is 17.1 Å². The normalized spacial score (nSPS) is 13.8. The Bertz CT molecular complexity index is 1200. The van der Waals surface area contributed by atoms with E-state index in [1.807, 2.05) is 13.0 Å². The molecular weight excluding hydrogens is 390 g/mol. The smallest absolute Gasteiger partial charge is 0.255 e. The van der Waals surface area contributed by atoms with Gasteiger partial charge in [0.2, 0.25) is 0 Å². The highest BCUT2D eigenvalue weighted by molar-refractivity contribution is 6.32. The second kappa shape index (κ2) is 7.67. The number of nitriles is 2. The topological polar surface area (TPSA) is 139 Å². The number of halogens is 1. The van der Waals surface area contributed by atoms with Gasteiger partial charge in [-0.05, 0) is 54.3 Å². The van der Waals surface area contributed by atoms with Gasteiger partial charge >= 0.3 is 0 Å². The highest BCUT2D eigenvalue weighted by atomic mass is 35.5. The highest BCUT2D eigenvalue weighted by Crippen LogP contribution is 2.44. The van der Waals surface area contributed by atoms with Gasteiger partial charge in [0, 0.05) is 5.56 Å². The number of carbonyl (C=O) groups is 1. The second-order valence-corrected chi connectivity index (χ2v) is 6.85. The van der Waals surface area contributed by atoms with Crippen molar-refractivity contribution in [1.29, 1.82) is 10.5 Å². The van der Waals surface area contributed by atoms with Crippen LogP contribution in [0, 0.1) is 29.6 Å². The Hall–Kier alpha value is -3.81. The first kappa shape index (κ1) is 19.9. The number of rotatable bonds is 4. The van der Waals surface area contributed by atoms with Crippen molar-refractivity contribution in [1.82, 2.24) is 4.98 Å². The minimum absolute atomic E-state index is 0.101. The molecule has 144 valence electrons. The van der Waals surface area contributed by atoms with Gasteiger partial charge in [0.05, 0.1) is 21.9 Å². The first-order valence-electron chi connectivity index (χ1n) is 8.53. The van der Waals surface area contributed by atoms with Crippen molar-refractivity contribution in [3.05, 3.63) is 56.7 Å². The Morgan fingerprint density at radius 1 is 1.31 bits per heavy atom. The van der Waals surface area contributed by atoms with Crippen LogP contribution < -0.4 is 16.2 Å². The molecule has 1 heterocycles. The standard InChI is InChI=1S/C21H16ClN5O2/c1-10-13(5-12-3-4-17(16(22)6-12)29-9-18(25)28)19-11(2)15(8-24)21(26)27-20(19)14(10)7-23/h3-6H,9H2,1-2H3,(H2,25,28)(H2,26,27). The van der Waals surface area contributed by atoms with E-state index in [0.717, 1.165) is 16.7 Å². The van der Waals surface area contributed by atoms with E-state index in [4.69, 9.17) is 27.8 Å². The molecule has 29 heavy (non-hydrogen) atoms. The van der Waals surface area contributed by atoms with Crippen molar-refractivity contribution in [2.75, 3.05) is 12.3 Å². The Labute approximate surface area is 172 Å². The molecule has 1 aromatic heterocycles. The molecule has 0 fully saturated rings. The van der Waals surface area contributed by atoms with Crippen molar-refractivity contribution in [3.63, 3.8) is 0 Å². The minimum Gasteiger partial charge on any atom is -0.482 e. The van der Waals surface area contributed by atoms with Gasteiger partial charge in [-0.3, -0.25) is 4.79 Å². The summed E-state index contributed by atoms with van der Waals surface area (Å²) in [5, 5.41) is 19.3. The number of allylic oxidation sites excluding steroid dienone is 3. The fourth-order valence-electron chi connectivity index (χ4n) is 3.24. The van der Waals surface area contributed by atoms with Crippen molar-refractivity contribution in [2.45, 2.75) is 13.8 Å². The lowest BCUT2D eigenvalue weighted by Gasteiger charge is -2.11. The van der Waals surface area contributed by atoms with Gasteiger partial charge in [0.15, 0.2) is 6.61 Å². The third-order valence-electron chi connectivity index (χ3n) is 4.62. The van der Waals surface area contributed by atoms with Gasteiger partial charge in [-0.1, -0.05) is 17.7 Å². The quantitative estimate of drug-likeness (QED) is 0.800. The number of aromatic nitrogens is 1. The summed E-state index contributed by atoms with van der Waals surface area (Å²) in [5.41, 5.74) is 15.8. The maximum Gasteiger partial charge on any atom is 0.255 e. The molecule has 1 aromatic carbocycles. The Morgan fingerprint density at radius 3 is 2.62 bits per heavy atom. The number of amides is 1. The van der Waals surface area contributed by atoms with Gasteiger partial charge < -0.3 is 16.2 Å². The summed E-state index contributed by atoms with van der Waals surface area (Å²) in [6, 6.07) is 9.31. The summed E-state index contributed by atoms with van der Waals surface area (Å²) < 4.78 is 5.26. The van der Waals surface area contributed by atoms with Crippen LogP contribution in [0.25, 0.3) is 17.2 Å². The van der Waals surface area contributed by atoms with Crippen LogP contribution in [0.5, 0.6) is 5.75 Å². The summed E-state index contributed by atoms with van der Waals surface area (Å²) >= 11 is 6.25. The summed E-state index contributed by atoms with van der Waals surface area (Å²) in [6.45, 7) is 3.33. The van der Waals surface area contributed by atoms with E-state index in [9.17, 15) is 15.3 Å². The molecule has 7 nitrogen and oxygen atoms in total. The van der Waals surface area contributed by atoms with E-state index >= 15 is 0 Å². The van der Waals surface area contributed by atoms with Crippen LogP contribution in [-0.2, 0) is 4.79 Å². The molecule has 8 heteroatoms. The molecule has 0 saturated heterocycles. The lowest BCUT2D eigenvalue weighted by molar-refractivity contribution is -0.119. The van der Waals surface area contributed by atoms with Crippen LogP contribution in [0.4, 0.5) is 5.82 Å². The monoisotopic (exact) mass is 405 g/mol. The van der Waals surface area contributed by atoms with Crippen molar-refractivity contribution >= 4 is 40.5 Å². The zero-order valence-electron chi connectivity index (χ0n) is 15.7. The van der Waals surface area contributed by atoms with Crippen LogP contribution in [0.1, 0.15) is 34.9 Å². The summed E-state index contributed by atoms with van der Waals surface area (Å²) in [5.74, 6) is -0.165. The maximum absolute atomic E-state index is 10.9. The molecule has 3 rings (SSSR count). The first-order chi connectivity index (χ1) is 13.8. The highest BCUT2D eigenvalue weighted by Gasteiger charge is 2.29. The van der Waals surface area contributed by atoms with Crippen LogP contribution in [0.15, 0.2) is 23.8 Å². The summed E-state index contributed by atoms with van der Waals surface area (Å²) in [6.07, 6.45) is 1.86. The summed E-state index contributed by atoms with van der Waals surface area (Å²) in [7, 11) is 0. The van der Waals surface area contributed by atoms with E-state index in [1.54, 1.807) is 25.1 Å². The van der Waals surface area contributed by atoms with Gasteiger partial charge in [-0.15, -0.1) is 0 Å². The Morgan fingerprint density at radius 2 is 2.03 bits per heavy atom. The maximum atomic E-state index is 10.9. The number of nitrogen functional groups attached to an aromatic ring is 1. The first-order valence-corrected chi connectivity index (χ1v) is 8.90. The van der Waals surface area contributed by atoms with Crippen LogP contribution in [0.3, 0.4) is 0 Å². The number of carbonyl (C=O) groups excluding carboxylic acids is 1. The van der Waals surface area contributed by atoms with E-state index in [0.29, 0.717) is 33.2 Å². The van der Waals surface area contributed by atoms with Crippen LogP contribution in [0.2, 0.25) is 5.02 Å². The summed E-state index contributed by atoms with van der Waals surface area (Å²) in [4.78, 5) is 15.2. The molecule has 0 aliphatic heterocycles. The van der Waals surface area contributed by atoms with Gasteiger partial charge in [-0.2, -0.15) is 10.5 Å². The second-order valence-electron chi connectivity index (χ2n) is 6.45. The number of nitrogens with zero attached hydrogens (tertiary/aromatic N) is 3. The molecular formula is C21H16ClN5O2. The molecule has 0 saturated carbocycles. The largest absolute Gasteiger partial charge is 0.482 e. The SMILES string of the molecule is CC1=C(C#N)c2nc(N)c(C#N)c(C)c2C1=Cc1ccc(OCC(N)=O)c(Cl)c1. The fraction of sp³-hybridized carbons (Fsp3) is 0.143. The number of benzene rings is 1. The average Bonchev–Trinajstić information content (AvgIpc) is 2.92.